The van der Waals surface area contributed by atoms with Crippen molar-refractivity contribution >= 4 is 17.5 Å². The molecule has 7 heteroatoms. The lowest BCUT2D eigenvalue weighted by molar-refractivity contribution is 0.0942. The predicted molar refractivity (Wildman–Crippen MR) is 110 cm³/mol. The minimum absolute atomic E-state index is 0.162. The van der Waals surface area contributed by atoms with Crippen LogP contribution in [-0.4, -0.2) is 36.7 Å². The molecule has 1 aromatic heterocycles. The molecule has 0 aliphatic heterocycles. The van der Waals surface area contributed by atoms with E-state index in [2.05, 4.69) is 15.8 Å². The molecule has 0 saturated heterocycles. The van der Waals surface area contributed by atoms with Crippen molar-refractivity contribution in [2.24, 2.45) is 0 Å². The van der Waals surface area contributed by atoms with Crippen molar-refractivity contribution in [3.63, 3.8) is 0 Å². The molecule has 0 fully saturated rings. The van der Waals surface area contributed by atoms with Crippen LogP contribution in [0.3, 0.4) is 0 Å². The van der Waals surface area contributed by atoms with Gasteiger partial charge in [-0.3, -0.25) is 9.59 Å². The van der Waals surface area contributed by atoms with E-state index in [1.54, 1.807) is 30.3 Å². The summed E-state index contributed by atoms with van der Waals surface area (Å²) >= 11 is 0. The smallest absolute Gasteiger partial charge is 0.277 e. The lowest BCUT2D eigenvalue weighted by atomic mass is 10.1. The summed E-state index contributed by atoms with van der Waals surface area (Å²) in [6.45, 7) is 3.72. The molecule has 0 spiro atoms. The number of aromatic nitrogens is 1. The number of ether oxygens (including phenoxy) is 1. The van der Waals surface area contributed by atoms with Gasteiger partial charge in [-0.1, -0.05) is 41.6 Å². The van der Waals surface area contributed by atoms with E-state index in [0.717, 1.165) is 12.0 Å². The molecule has 0 saturated carbocycles. The molecule has 0 bridgehead atoms. The molecule has 150 valence electrons. The van der Waals surface area contributed by atoms with Crippen LogP contribution in [0.4, 0.5) is 5.69 Å². The third-order valence-corrected chi connectivity index (χ3v) is 4.14. The van der Waals surface area contributed by atoms with E-state index in [4.69, 9.17) is 9.26 Å². The second-order valence-electron chi connectivity index (χ2n) is 6.28. The average molecular weight is 393 g/mol. The average Bonchev–Trinajstić information content (AvgIpc) is 3.25. The quantitative estimate of drug-likeness (QED) is 0.540. The third-order valence-electron chi connectivity index (χ3n) is 4.14. The topological polar surface area (TPSA) is 93.5 Å². The fourth-order valence-corrected chi connectivity index (χ4v) is 2.68. The molecule has 0 aliphatic rings. The zero-order chi connectivity index (χ0) is 20.5. The predicted octanol–water partition coefficient (Wildman–Crippen LogP) is 3.75. The van der Waals surface area contributed by atoms with E-state index >= 15 is 0 Å². The van der Waals surface area contributed by atoms with E-state index in [-0.39, 0.29) is 11.6 Å². The summed E-state index contributed by atoms with van der Waals surface area (Å²) in [5.74, 6) is -0.105. The minimum atomic E-state index is -0.412. The minimum Gasteiger partial charge on any atom is -0.382 e. The van der Waals surface area contributed by atoms with Crippen LogP contribution in [0.25, 0.3) is 11.3 Å². The standard InChI is InChI=1S/C22H23N3O4/c1-2-28-13-7-12-23-21(26)17-10-6-11-18(14-17)24-22(27)19-15-20(29-25-19)16-8-4-3-5-9-16/h3-6,8-11,14-15H,2,7,12-13H2,1H3,(H,23,26)(H,24,27). The Labute approximate surface area is 169 Å². The number of rotatable bonds is 9. The van der Waals surface area contributed by atoms with E-state index in [9.17, 15) is 9.59 Å². The van der Waals surface area contributed by atoms with Gasteiger partial charge in [-0.2, -0.15) is 0 Å². The van der Waals surface area contributed by atoms with Gasteiger partial charge in [-0.05, 0) is 31.5 Å². The zero-order valence-electron chi connectivity index (χ0n) is 16.2. The fourth-order valence-electron chi connectivity index (χ4n) is 2.68. The van der Waals surface area contributed by atoms with Gasteiger partial charge < -0.3 is 19.9 Å². The third kappa shape index (κ3) is 5.76. The Morgan fingerprint density at radius 1 is 1.03 bits per heavy atom. The van der Waals surface area contributed by atoms with Crippen LogP contribution < -0.4 is 10.6 Å². The number of nitrogens with zero attached hydrogens (tertiary/aromatic N) is 1. The van der Waals surface area contributed by atoms with Crippen LogP contribution in [0.2, 0.25) is 0 Å². The van der Waals surface area contributed by atoms with E-state index in [1.165, 1.54) is 0 Å². The molecule has 0 aliphatic carbocycles. The molecular weight excluding hydrogens is 370 g/mol. The molecule has 1 heterocycles. The van der Waals surface area contributed by atoms with E-state index < -0.39 is 5.91 Å². The molecule has 0 unspecified atom stereocenters. The summed E-state index contributed by atoms with van der Waals surface area (Å²) in [7, 11) is 0. The molecule has 7 nitrogen and oxygen atoms in total. The summed E-state index contributed by atoms with van der Waals surface area (Å²) in [4.78, 5) is 24.7. The van der Waals surface area contributed by atoms with Crippen molar-refractivity contribution in [3.05, 3.63) is 71.9 Å². The van der Waals surface area contributed by atoms with Crippen molar-refractivity contribution in [2.45, 2.75) is 13.3 Å². The monoisotopic (exact) mass is 393 g/mol. The van der Waals surface area contributed by atoms with Gasteiger partial charge in [0, 0.05) is 42.6 Å². The maximum absolute atomic E-state index is 12.5. The number of benzene rings is 2. The molecule has 3 aromatic rings. The summed E-state index contributed by atoms with van der Waals surface area (Å²) < 4.78 is 10.5. The largest absolute Gasteiger partial charge is 0.382 e. The van der Waals surface area contributed by atoms with Gasteiger partial charge in [-0.25, -0.2) is 0 Å². The summed E-state index contributed by atoms with van der Waals surface area (Å²) in [5, 5.41) is 9.41. The maximum Gasteiger partial charge on any atom is 0.277 e. The Morgan fingerprint density at radius 3 is 2.66 bits per heavy atom. The zero-order valence-corrected chi connectivity index (χ0v) is 16.2. The van der Waals surface area contributed by atoms with Crippen molar-refractivity contribution in [1.82, 2.24) is 10.5 Å². The molecule has 29 heavy (non-hydrogen) atoms. The highest BCUT2D eigenvalue weighted by Gasteiger charge is 2.14. The first-order valence-electron chi connectivity index (χ1n) is 9.47. The van der Waals surface area contributed by atoms with Crippen molar-refractivity contribution in [3.8, 4) is 11.3 Å². The van der Waals surface area contributed by atoms with Gasteiger partial charge >= 0.3 is 0 Å². The van der Waals surface area contributed by atoms with Crippen LogP contribution >= 0.6 is 0 Å². The molecule has 2 N–H and O–H groups in total. The van der Waals surface area contributed by atoms with E-state index in [0.29, 0.717) is 36.8 Å². The van der Waals surface area contributed by atoms with Gasteiger partial charge in [0.1, 0.15) is 0 Å². The molecule has 0 atom stereocenters. The van der Waals surface area contributed by atoms with Gasteiger partial charge in [-0.15, -0.1) is 0 Å². The second kappa shape index (κ2) is 10.2. The van der Waals surface area contributed by atoms with Crippen molar-refractivity contribution in [1.29, 1.82) is 0 Å². The Hall–Kier alpha value is -3.45. The van der Waals surface area contributed by atoms with E-state index in [1.807, 2.05) is 37.3 Å². The highest BCUT2D eigenvalue weighted by atomic mass is 16.5. The molecule has 2 amide bonds. The number of carbonyl (C=O) groups excluding carboxylic acids is 2. The van der Waals surface area contributed by atoms with Gasteiger partial charge in [0.25, 0.3) is 11.8 Å². The summed E-state index contributed by atoms with van der Waals surface area (Å²) in [6.07, 6.45) is 0.742. The number of nitrogens with one attached hydrogen (secondary N) is 2. The Balaban J connectivity index is 1.59. The second-order valence-corrected chi connectivity index (χ2v) is 6.28. The first-order valence-corrected chi connectivity index (χ1v) is 9.47. The fraction of sp³-hybridized carbons (Fsp3) is 0.227. The highest BCUT2D eigenvalue weighted by Crippen LogP contribution is 2.20. The maximum atomic E-state index is 12.5. The Bertz CT molecular complexity index is 953. The molecule has 3 rings (SSSR count). The van der Waals surface area contributed by atoms with Gasteiger partial charge in [0.15, 0.2) is 11.5 Å². The van der Waals surface area contributed by atoms with Crippen LogP contribution in [0.5, 0.6) is 0 Å². The summed E-state index contributed by atoms with van der Waals surface area (Å²) in [6, 6.07) is 17.7. The Morgan fingerprint density at radius 2 is 1.86 bits per heavy atom. The van der Waals surface area contributed by atoms with Crippen molar-refractivity contribution < 1.29 is 18.8 Å². The number of amides is 2. The lowest BCUT2D eigenvalue weighted by Gasteiger charge is -2.08. The van der Waals surface area contributed by atoms with Crippen molar-refractivity contribution in [2.75, 3.05) is 25.1 Å². The molecule has 0 radical (unpaired) electrons. The number of anilines is 1. The van der Waals surface area contributed by atoms with Crippen LogP contribution in [0, 0.1) is 0 Å². The summed E-state index contributed by atoms with van der Waals surface area (Å²) in [5.41, 5.74) is 1.96. The number of hydrogen-bond donors (Lipinski definition) is 2. The number of hydrogen-bond acceptors (Lipinski definition) is 5. The van der Waals surface area contributed by atoms with Gasteiger partial charge in [0.2, 0.25) is 0 Å². The Kier molecular flexibility index (Phi) is 7.13. The number of carbonyl (C=O) groups is 2. The molecule has 2 aromatic carbocycles. The SMILES string of the molecule is CCOCCCNC(=O)c1cccc(NC(=O)c2cc(-c3ccccc3)on2)c1. The highest BCUT2D eigenvalue weighted by molar-refractivity contribution is 6.04. The molecular formula is C22H23N3O4. The van der Waals surface area contributed by atoms with Crippen LogP contribution in [-0.2, 0) is 4.74 Å². The first kappa shape index (κ1) is 20.3. The van der Waals surface area contributed by atoms with Crippen LogP contribution in [0.15, 0.2) is 65.2 Å². The van der Waals surface area contributed by atoms with Gasteiger partial charge in [0.05, 0.1) is 0 Å². The lowest BCUT2D eigenvalue weighted by Crippen LogP contribution is -2.25. The first-order chi connectivity index (χ1) is 14.2. The normalized spacial score (nSPS) is 10.5. The van der Waals surface area contributed by atoms with Crippen LogP contribution in [0.1, 0.15) is 34.2 Å².